The zero-order chi connectivity index (χ0) is 28.8. The molecule has 0 amide bonds. The second kappa shape index (κ2) is 21.1. The first-order chi connectivity index (χ1) is 20.2. The van der Waals surface area contributed by atoms with Crippen LogP contribution in [0.5, 0.6) is 0 Å². The monoisotopic (exact) mass is 588 g/mol. The number of hydrogen-bond acceptors (Lipinski definition) is 8. The molecule has 2 aromatic rings. The minimum absolute atomic E-state index is 0.243. The lowest BCUT2D eigenvalue weighted by Gasteiger charge is -2.29. The van der Waals surface area contributed by atoms with E-state index in [0.717, 1.165) is 38.5 Å². The zero-order valence-corrected chi connectivity index (χ0v) is 25.0. The molecule has 0 aromatic heterocycles. The fourth-order valence-electron chi connectivity index (χ4n) is 4.51. The first kappa shape index (κ1) is 32.8. The molecule has 0 aliphatic heterocycles. The van der Waals surface area contributed by atoms with E-state index in [1.165, 1.54) is 30.4 Å². The summed E-state index contributed by atoms with van der Waals surface area (Å²) in [5, 5.41) is 0. The molecule has 0 radical (unpaired) electrons. The lowest BCUT2D eigenvalue weighted by molar-refractivity contribution is 0.0507. The van der Waals surface area contributed by atoms with Gasteiger partial charge in [-0.15, -0.1) is 0 Å². The van der Waals surface area contributed by atoms with Crippen molar-refractivity contribution in [3.05, 3.63) is 71.8 Å². The molecule has 1 saturated carbocycles. The van der Waals surface area contributed by atoms with Gasteiger partial charge in [0.1, 0.15) is 0 Å². The Labute approximate surface area is 245 Å². The summed E-state index contributed by atoms with van der Waals surface area (Å²) in [5.41, 5.74) is 2.85. The van der Waals surface area contributed by atoms with Gasteiger partial charge in [0, 0.05) is 18.5 Å². The highest BCUT2D eigenvalue weighted by Gasteiger charge is 2.26. The number of aryl methyl sites for hydroxylation is 2. The molecule has 0 spiro atoms. The Kier molecular flexibility index (Phi) is 16.9. The minimum Gasteiger partial charge on any atom is -0.434 e. The van der Waals surface area contributed by atoms with Crippen LogP contribution in [0.15, 0.2) is 60.7 Å². The Balaban J connectivity index is 1.20. The fraction of sp³-hybridized carbons (Fsp3) is 0.562. The van der Waals surface area contributed by atoms with Crippen LogP contribution in [0.4, 0.5) is 9.59 Å². The summed E-state index contributed by atoms with van der Waals surface area (Å²) in [6.07, 6.45) is 8.94. The Morgan fingerprint density at radius 2 is 0.976 bits per heavy atom. The average Bonchev–Trinajstić information content (AvgIpc) is 3.01. The van der Waals surface area contributed by atoms with Crippen LogP contribution in [0.1, 0.15) is 68.9 Å². The highest BCUT2D eigenvalue weighted by molar-refractivity contribution is 7.48. The molecule has 0 N–H and O–H groups in total. The minimum atomic E-state index is -1.05. The molecule has 0 bridgehead atoms. The van der Waals surface area contributed by atoms with Crippen molar-refractivity contribution in [1.82, 2.24) is 0 Å². The molecular formula is C32H45O8P. The van der Waals surface area contributed by atoms with Gasteiger partial charge in [-0.25, -0.2) is 9.59 Å². The van der Waals surface area contributed by atoms with Gasteiger partial charge in [-0.2, -0.15) is 0 Å². The number of rotatable bonds is 19. The maximum absolute atomic E-state index is 11.8. The highest BCUT2D eigenvalue weighted by atomic mass is 31.2. The van der Waals surface area contributed by atoms with Gasteiger partial charge in [0.2, 0.25) is 0 Å². The highest BCUT2D eigenvalue weighted by Crippen LogP contribution is 2.49. The van der Waals surface area contributed by atoms with Crippen LogP contribution in [0.25, 0.3) is 0 Å². The quantitative estimate of drug-likeness (QED) is 0.0926. The molecule has 1 aliphatic carbocycles. The summed E-state index contributed by atoms with van der Waals surface area (Å²) in [4.78, 5) is 23.7. The van der Waals surface area contributed by atoms with E-state index in [1.807, 2.05) is 36.4 Å². The van der Waals surface area contributed by atoms with E-state index in [4.69, 9.17) is 28.0 Å². The van der Waals surface area contributed by atoms with E-state index in [-0.39, 0.29) is 13.2 Å². The van der Waals surface area contributed by atoms with Crippen molar-refractivity contribution in [1.29, 1.82) is 0 Å². The van der Waals surface area contributed by atoms with Crippen molar-refractivity contribution >= 4 is 20.7 Å². The lowest BCUT2D eigenvalue weighted by atomic mass is 10.0. The fourth-order valence-corrected chi connectivity index (χ4v) is 6.42. The van der Waals surface area contributed by atoms with E-state index >= 15 is 0 Å². The first-order valence-corrected chi connectivity index (χ1v) is 16.2. The van der Waals surface area contributed by atoms with E-state index in [2.05, 4.69) is 24.3 Å². The summed E-state index contributed by atoms with van der Waals surface area (Å²) in [7, 11) is -1.05. The maximum atomic E-state index is 11.8. The van der Waals surface area contributed by atoms with Crippen LogP contribution in [0.2, 0.25) is 0 Å². The Morgan fingerprint density at radius 1 is 0.561 bits per heavy atom. The molecule has 1 aliphatic rings. The van der Waals surface area contributed by atoms with Gasteiger partial charge in [-0.1, -0.05) is 79.9 Å². The number of hydrogen-bond donors (Lipinski definition) is 0. The van der Waals surface area contributed by atoms with Gasteiger partial charge >= 0.3 is 12.3 Å². The third-order valence-electron chi connectivity index (χ3n) is 6.67. The van der Waals surface area contributed by atoms with E-state index in [0.29, 0.717) is 44.9 Å². The normalized spacial score (nSPS) is 13.6. The lowest BCUT2D eigenvalue weighted by Crippen LogP contribution is -2.16. The van der Waals surface area contributed by atoms with Gasteiger partial charge < -0.3 is 28.0 Å². The van der Waals surface area contributed by atoms with E-state index in [1.54, 1.807) is 0 Å². The Morgan fingerprint density at radius 3 is 1.41 bits per heavy atom. The number of carbonyl (C=O) groups is 2. The van der Waals surface area contributed by atoms with Crippen molar-refractivity contribution in [2.45, 2.75) is 76.3 Å². The van der Waals surface area contributed by atoms with Crippen molar-refractivity contribution < 1.29 is 37.6 Å². The molecule has 2 aromatic carbocycles. The van der Waals surface area contributed by atoms with Crippen LogP contribution < -0.4 is 0 Å². The molecule has 9 heteroatoms. The molecule has 1 fully saturated rings. The molecule has 0 atom stereocenters. The van der Waals surface area contributed by atoms with Crippen LogP contribution in [-0.2, 0) is 40.8 Å². The summed E-state index contributed by atoms with van der Waals surface area (Å²) in [5.74, 6) is 0. The molecule has 0 heterocycles. The standard InChI is InChI=1S/C32H45O8P/c33-31(35-22-10-18-28-14-4-1-5-15-28)37-24-12-26-39-41(30-20-8-3-9-21-30)40-27-13-25-38-32(34)36-23-11-19-29-16-6-2-7-17-29/h1-2,4-7,14-17,30H,3,8-13,18-27H2. The Bertz CT molecular complexity index is 883. The van der Waals surface area contributed by atoms with Gasteiger partial charge in [0.25, 0.3) is 0 Å². The van der Waals surface area contributed by atoms with Crippen LogP contribution in [0.3, 0.4) is 0 Å². The third kappa shape index (κ3) is 15.2. The van der Waals surface area contributed by atoms with E-state index < -0.39 is 20.7 Å². The number of carbonyl (C=O) groups excluding carboxylic acids is 2. The van der Waals surface area contributed by atoms with Gasteiger partial charge in [0.05, 0.1) is 39.6 Å². The summed E-state index contributed by atoms with van der Waals surface area (Å²) < 4.78 is 32.9. The topological polar surface area (TPSA) is 89.5 Å². The van der Waals surface area contributed by atoms with Crippen molar-refractivity contribution in [3.8, 4) is 0 Å². The third-order valence-corrected chi connectivity index (χ3v) is 8.66. The molecular weight excluding hydrogens is 543 g/mol. The van der Waals surface area contributed by atoms with Crippen LogP contribution >= 0.6 is 8.38 Å². The van der Waals surface area contributed by atoms with Gasteiger partial charge in [0.15, 0.2) is 8.38 Å². The Hall–Kier alpha value is -2.67. The van der Waals surface area contributed by atoms with E-state index in [9.17, 15) is 9.59 Å². The first-order valence-electron chi connectivity index (χ1n) is 14.9. The van der Waals surface area contributed by atoms with Crippen LogP contribution in [-0.4, -0.2) is 57.6 Å². The van der Waals surface area contributed by atoms with Gasteiger partial charge in [-0.3, -0.25) is 0 Å². The SMILES string of the molecule is O=C(OCCCOP(OCCCOC(=O)OCCCc1ccccc1)C1CCCCC1)OCCCc1ccccc1. The largest absolute Gasteiger partial charge is 0.508 e. The number of benzene rings is 2. The second-order valence-corrected chi connectivity index (χ2v) is 11.8. The molecule has 0 saturated heterocycles. The molecule has 0 unspecified atom stereocenters. The molecule has 41 heavy (non-hydrogen) atoms. The smallest absolute Gasteiger partial charge is 0.434 e. The van der Waals surface area contributed by atoms with Crippen LogP contribution in [0, 0.1) is 0 Å². The van der Waals surface area contributed by atoms with Crippen molar-refractivity contribution in [3.63, 3.8) is 0 Å². The predicted octanol–water partition coefficient (Wildman–Crippen LogP) is 8.02. The molecule has 3 rings (SSSR count). The second-order valence-electron chi connectivity index (χ2n) is 10.0. The summed E-state index contributed by atoms with van der Waals surface area (Å²) in [6.45, 7) is 2.06. The number of ether oxygens (including phenoxy) is 4. The van der Waals surface area contributed by atoms with Crippen molar-refractivity contribution in [2.24, 2.45) is 0 Å². The summed E-state index contributed by atoms with van der Waals surface area (Å²) >= 11 is 0. The summed E-state index contributed by atoms with van der Waals surface area (Å²) in [6, 6.07) is 20.2. The predicted molar refractivity (Wildman–Crippen MR) is 159 cm³/mol. The zero-order valence-electron chi connectivity index (χ0n) is 24.1. The van der Waals surface area contributed by atoms with Crippen molar-refractivity contribution in [2.75, 3.05) is 39.6 Å². The molecule has 8 nitrogen and oxygen atoms in total. The van der Waals surface area contributed by atoms with Gasteiger partial charge in [-0.05, 0) is 49.7 Å². The molecule has 226 valence electrons. The maximum Gasteiger partial charge on any atom is 0.508 e. The average molecular weight is 589 g/mol.